The lowest BCUT2D eigenvalue weighted by molar-refractivity contribution is 0.0697. The van der Waals surface area contributed by atoms with Crippen LogP contribution in [0.1, 0.15) is 55.5 Å². The van der Waals surface area contributed by atoms with E-state index in [9.17, 15) is 9.90 Å². The number of nitrogens with zero attached hydrogens (tertiary/aromatic N) is 1. The summed E-state index contributed by atoms with van der Waals surface area (Å²) >= 11 is 6.46. The first-order valence-electron chi connectivity index (χ1n) is 9.52. The molecule has 0 saturated carbocycles. The third kappa shape index (κ3) is 5.90. The minimum atomic E-state index is -0.994. The van der Waals surface area contributed by atoms with Crippen LogP contribution in [0.15, 0.2) is 36.4 Å². The molecule has 5 heteroatoms. The van der Waals surface area contributed by atoms with E-state index >= 15 is 0 Å². The van der Waals surface area contributed by atoms with Crippen LogP contribution in [0.5, 0.6) is 11.5 Å². The highest BCUT2D eigenvalue weighted by molar-refractivity contribution is 6.33. The van der Waals surface area contributed by atoms with Crippen molar-refractivity contribution in [3.63, 3.8) is 0 Å². The maximum absolute atomic E-state index is 11.5. The minimum absolute atomic E-state index is 0.171. The molecule has 0 saturated heterocycles. The third-order valence-corrected chi connectivity index (χ3v) is 4.70. The average Bonchev–Trinajstić information content (AvgIpc) is 2.65. The van der Waals surface area contributed by atoms with Crippen LogP contribution >= 0.6 is 11.6 Å². The number of aromatic carboxylic acids is 1. The molecule has 4 nitrogen and oxygen atoms in total. The SMILES string of the molecule is CCCCN(CCCC)c1cc(C(=O)O)cc(Cl)c1Oc1ccc(C)cc1. The van der Waals surface area contributed by atoms with E-state index in [1.165, 1.54) is 6.07 Å². The maximum atomic E-state index is 11.5. The van der Waals surface area contributed by atoms with Crippen LogP contribution in [0.3, 0.4) is 0 Å². The van der Waals surface area contributed by atoms with Crippen molar-refractivity contribution < 1.29 is 14.6 Å². The molecule has 0 radical (unpaired) electrons. The number of aryl methyl sites for hydroxylation is 1. The standard InChI is InChI=1S/C22H28ClNO3/c1-4-6-12-24(13-7-5-2)20-15-17(22(25)26)14-19(23)21(20)27-18-10-8-16(3)9-11-18/h8-11,14-15H,4-7,12-13H2,1-3H3,(H,25,26). The molecular weight excluding hydrogens is 362 g/mol. The smallest absolute Gasteiger partial charge is 0.335 e. The number of halogens is 1. The fourth-order valence-electron chi connectivity index (χ4n) is 2.81. The summed E-state index contributed by atoms with van der Waals surface area (Å²) in [4.78, 5) is 13.7. The zero-order chi connectivity index (χ0) is 19.8. The van der Waals surface area contributed by atoms with Gasteiger partial charge >= 0.3 is 5.97 Å². The van der Waals surface area contributed by atoms with Gasteiger partial charge in [-0.1, -0.05) is 56.0 Å². The summed E-state index contributed by atoms with van der Waals surface area (Å²) < 4.78 is 6.10. The molecule has 0 unspecified atom stereocenters. The second kappa shape index (κ2) is 10.2. The number of carboxylic acid groups (broad SMARTS) is 1. The van der Waals surface area contributed by atoms with Gasteiger partial charge in [0.05, 0.1) is 16.3 Å². The number of unbranched alkanes of at least 4 members (excludes halogenated alkanes) is 2. The van der Waals surface area contributed by atoms with Gasteiger partial charge in [-0.05, 0) is 44.0 Å². The summed E-state index contributed by atoms with van der Waals surface area (Å²) in [6, 6.07) is 10.9. The van der Waals surface area contributed by atoms with Crippen LogP contribution in [0.4, 0.5) is 5.69 Å². The van der Waals surface area contributed by atoms with E-state index in [0.717, 1.165) is 50.0 Å². The molecule has 0 aliphatic carbocycles. The lowest BCUT2D eigenvalue weighted by Gasteiger charge is -2.27. The Morgan fingerprint density at radius 3 is 2.19 bits per heavy atom. The van der Waals surface area contributed by atoms with Crippen molar-refractivity contribution in [2.45, 2.75) is 46.5 Å². The van der Waals surface area contributed by atoms with Gasteiger partial charge in [0.15, 0.2) is 5.75 Å². The third-order valence-electron chi connectivity index (χ3n) is 4.42. The summed E-state index contributed by atoms with van der Waals surface area (Å²) in [7, 11) is 0. The fourth-order valence-corrected chi connectivity index (χ4v) is 3.07. The Hall–Kier alpha value is -2.20. The first-order chi connectivity index (χ1) is 13.0. The second-order valence-corrected chi connectivity index (χ2v) is 7.13. The van der Waals surface area contributed by atoms with Crippen molar-refractivity contribution in [1.82, 2.24) is 0 Å². The molecule has 27 heavy (non-hydrogen) atoms. The highest BCUT2D eigenvalue weighted by Crippen LogP contribution is 2.40. The molecule has 0 aliphatic heterocycles. The monoisotopic (exact) mass is 389 g/mol. The van der Waals surface area contributed by atoms with E-state index in [1.54, 1.807) is 6.07 Å². The van der Waals surface area contributed by atoms with Crippen molar-refractivity contribution in [2.75, 3.05) is 18.0 Å². The van der Waals surface area contributed by atoms with E-state index < -0.39 is 5.97 Å². The van der Waals surface area contributed by atoms with Crippen LogP contribution < -0.4 is 9.64 Å². The summed E-state index contributed by atoms with van der Waals surface area (Å²) in [5.74, 6) is 0.196. The molecular formula is C22H28ClNO3. The molecule has 0 heterocycles. The van der Waals surface area contributed by atoms with Crippen LogP contribution in [0, 0.1) is 6.92 Å². The van der Waals surface area contributed by atoms with Crippen LogP contribution in [-0.4, -0.2) is 24.2 Å². The number of hydrogen-bond donors (Lipinski definition) is 1. The Morgan fingerprint density at radius 2 is 1.67 bits per heavy atom. The molecule has 146 valence electrons. The van der Waals surface area contributed by atoms with Gasteiger partial charge in [0.1, 0.15) is 5.75 Å². The van der Waals surface area contributed by atoms with Crippen molar-refractivity contribution in [3.8, 4) is 11.5 Å². The van der Waals surface area contributed by atoms with Gasteiger partial charge in [0.25, 0.3) is 0 Å². The van der Waals surface area contributed by atoms with Gasteiger partial charge in [-0.15, -0.1) is 0 Å². The minimum Gasteiger partial charge on any atom is -0.478 e. The molecule has 0 bridgehead atoms. The van der Waals surface area contributed by atoms with E-state index in [4.69, 9.17) is 16.3 Å². The first kappa shape index (κ1) is 21.1. The zero-order valence-electron chi connectivity index (χ0n) is 16.3. The van der Waals surface area contributed by atoms with Crippen LogP contribution in [-0.2, 0) is 0 Å². The van der Waals surface area contributed by atoms with Gasteiger partial charge in [0.2, 0.25) is 0 Å². The molecule has 0 fully saturated rings. The van der Waals surface area contributed by atoms with Crippen molar-refractivity contribution in [1.29, 1.82) is 0 Å². The molecule has 2 aromatic rings. The van der Waals surface area contributed by atoms with Gasteiger partial charge in [-0.3, -0.25) is 0 Å². The molecule has 0 aromatic heterocycles. The Bertz CT molecular complexity index is 751. The summed E-state index contributed by atoms with van der Waals surface area (Å²) in [5, 5.41) is 9.77. The predicted molar refractivity (Wildman–Crippen MR) is 112 cm³/mol. The highest BCUT2D eigenvalue weighted by Gasteiger charge is 2.20. The number of rotatable bonds is 10. The summed E-state index contributed by atoms with van der Waals surface area (Å²) in [5.41, 5.74) is 2.05. The van der Waals surface area contributed by atoms with E-state index in [2.05, 4.69) is 18.7 Å². The van der Waals surface area contributed by atoms with E-state index in [-0.39, 0.29) is 5.56 Å². The number of carbonyl (C=O) groups is 1. The largest absolute Gasteiger partial charge is 0.478 e. The fraction of sp³-hybridized carbons (Fsp3) is 0.409. The molecule has 0 amide bonds. The van der Waals surface area contributed by atoms with Gasteiger partial charge < -0.3 is 14.7 Å². The Labute approximate surface area is 166 Å². The van der Waals surface area contributed by atoms with E-state index in [1.807, 2.05) is 31.2 Å². The lowest BCUT2D eigenvalue weighted by atomic mass is 10.1. The number of ether oxygens (including phenoxy) is 1. The van der Waals surface area contributed by atoms with Crippen molar-refractivity contribution in [2.24, 2.45) is 0 Å². The normalized spacial score (nSPS) is 10.7. The number of carboxylic acids is 1. The molecule has 0 aliphatic rings. The van der Waals surface area contributed by atoms with Crippen LogP contribution in [0.2, 0.25) is 5.02 Å². The molecule has 1 N–H and O–H groups in total. The van der Waals surface area contributed by atoms with Gasteiger partial charge in [0, 0.05) is 13.1 Å². The van der Waals surface area contributed by atoms with Gasteiger partial charge in [-0.25, -0.2) is 4.79 Å². The number of benzene rings is 2. The van der Waals surface area contributed by atoms with Gasteiger partial charge in [-0.2, -0.15) is 0 Å². The topological polar surface area (TPSA) is 49.8 Å². The van der Waals surface area contributed by atoms with Crippen molar-refractivity contribution in [3.05, 3.63) is 52.5 Å². The van der Waals surface area contributed by atoms with Crippen molar-refractivity contribution >= 4 is 23.3 Å². The molecule has 0 atom stereocenters. The lowest BCUT2D eigenvalue weighted by Crippen LogP contribution is -2.26. The van der Waals surface area contributed by atoms with E-state index in [0.29, 0.717) is 16.5 Å². The van der Waals surface area contributed by atoms with Crippen LogP contribution in [0.25, 0.3) is 0 Å². The zero-order valence-corrected chi connectivity index (χ0v) is 17.1. The number of hydrogen-bond acceptors (Lipinski definition) is 3. The maximum Gasteiger partial charge on any atom is 0.335 e. The molecule has 2 aromatic carbocycles. The summed E-state index contributed by atoms with van der Waals surface area (Å²) in [6.45, 7) is 7.96. The average molecular weight is 390 g/mol. The summed E-state index contributed by atoms with van der Waals surface area (Å²) in [6.07, 6.45) is 4.15. The Morgan fingerprint density at radius 1 is 1.07 bits per heavy atom. The second-order valence-electron chi connectivity index (χ2n) is 6.72. The first-order valence-corrected chi connectivity index (χ1v) is 9.90. The highest BCUT2D eigenvalue weighted by atomic mass is 35.5. The predicted octanol–water partition coefficient (Wildman–Crippen LogP) is 6.55. The quantitative estimate of drug-likeness (QED) is 0.500. The Kier molecular flexibility index (Phi) is 7.99. The number of anilines is 1. The Balaban J connectivity index is 2.48. The molecule has 0 spiro atoms. The molecule has 2 rings (SSSR count).